The topological polar surface area (TPSA) is 40.5 Å². The third-order valence-electron chi connectivity index (χ3n) is 2.16. The first kappa shape index (κ1) is 16.5. The van der Waals surface area contributed by atoms with Crippen LogP contribution in [0, 0.1) is 0 Å². The van der Waals surface area contributed by atoms with Crippen LogP contribution in [-0.2, 0) is 0 Å². The number of rotatable bonds is 8. The van der Waals surface area contributed by atoms with Crippen molar-refractivity contribution in [1.29, 1.82) is 0 Å². The third kappa shape index (κ3) is 5.12. The molecule has 0 aliphatic rings. The van der Waals surface area contributed by atoms with Gasteiger partial charge in [0.05, 0.1) is 6.67 Å². The lowest BCUT2D eigenvalue weighted by Crippen LogP contribution is -2.43. The molecule has 0 aliphatic carbocycles. The second-order valence-electron chi connectivity index (χ2n) is 3.54. The van der Waals surface area contributed by atoms with E-state index in [1.807, 2.05) is 0 Å². The van der Waals surface area contributed by atoms with Gasteiger partial charge in [-0.25, -0.2) is 22.0 Å². The lowest BCUT2D eigenvalue weighted by molar-refractivity contribution is -0.131. The normalized spacial score (nSPS) is 21.0. The van der Waals surface area contributed by atoms with Crippen molar-refractivity contribution < 1.29 is 36.6 Å². The van der Waals surface area contributed by atoms with Crippen molar-refractivity contribution in [2.45, 2.75) is 50.0 Å². The Morgan fingerprint density at radius 2 is 1.24 bits per heavy atom. The van der Waals surface area contributed by atoms with Crippen molar-refractivity contribution in [3.8, 4) is 0 Å². The highest BCUT2D eigenvalue weighted by molar-refractivity contribution is 4.86. The molecule has 0 aromatic heterocycles. The third-order valence-corrected chi connectivity index (χ3v) is 2.16. The average Bonchev–Trinajstić information content (AvgIpc) is 2.31. The van der Waals surface area contributed by atoms with E-state index < -0.39 is 50.2 Å². The van der Waals surface area contributed by atoms with Gasteiger partial charge in [-0.05, 0) is 12.8 Å². The summed E-state index contributed by atoms with van der Waals surface area (Å²) in [6, 6.07) is 0. The summed E-state index contributed by atoms with van der Waals surface area (Å²) in [4.78, 5) is 0. The predicted molar refractivity (Wildman–Crippen MR) is 47.9 cm³/mol. The van der Waals surface area contributed by atoms with E-state index in [0.717, 1.165) is 0 Å². The fraction of sp³-hybridized carbons (Fsp3) is 1.00. The van der Waals surface area contributed by atoms with Gasteiger partial charge >= 0.3 is 0 Å². The summed E-state index contributed by atoms with van der Waals surface area (Å²) in [6.45, 7) is -0.940. The van der Waals surface area contributed by atoms with Crippen LogP contribution in [0.2, 0.25) is 0 Å². The van der Waals surface area contributed by atoms with Gasteiger partial charge < -0.3 is 10.2 Å². The minimum absolute atomic E-state index is 0.368. The van der Waals surface area contributed by atoms with Crippen molar-refractivity contribution in [3.63, 3.8) is 0 Å². The summed E-state index contributed by atoms with van der Waals surface area (Å²) in [5.74, 6) is 0. The predicted octanol–water partition coefficient (Wildman–Crippen LogP) is 1.74. The maximum atomic E-state index is 12.9. The highest BCUT2D eigenvalue weighted by Gasteiger charge is 2.42. The molecule has 5 atom stereocenters. The summed E-state index contributed by atoms with van der Waals surface area (Å²) >= 11 is 0. The Bertz CT molecular complexity index is 206. The van der Waals surface area contributed by atoms with Crippen LogP contribution in [0.15, 0.2) is 0 Å². The summed E-state index contributed by atoms with van der Waals surface area (Å²) in [5.41, 5.74) is 0. The van der Waals surface area contributed by atoms with Gasteiger partial charge in [-0.3, -0.25) is 4.39 Å². The first-order valence-electron chi connectivity index (χ1n) is 4.95. The quantitative estimate of drug-likeness (QED) is 0.520. The van der Waals surface area contributed by atoms with E-state index in [0.29, 0.717) is 0 Å². The van der Waals surface area contributed by atoms with Crippen LogP contribution in [0.25, 0.3) is 0 Å². The van der Waals surface area contributed by atoms with Crippen LogP contribution in [0.5, 0.6) is 0 Å². The zero-order chi connectivity index (χ0) is 13.6. The second-order valence-corrected chi connectivity index (χ2v) is 3.54. The number of aliphatic hydroxyl groups excluding tert-OH is 1. The molecule has 0 saturated carbocycles. The highest BCUT2D eigenvalue weighted by atomic mass is 19.2. The van der Waals surface area contributed by atoms with E-state index in [1.54, 1.807) is 0 Å². The number of alkyl halides is 6. The molecule has 0 heterocycles. The first-order valence-corrected chi connectivity index (χ1v) is 4.95. The van der Waals surface area contributed by atoms with Gasteiger partial charge in [0.2, 0.25) is 0 Å². The monoisotopic (exact) mass is 268 g/mol. The molecule has 2 N–H and O–H groups in total. The molecule has 0 amide bonds. The van der Waals surface area contributed by atoms with Crippen molar-refractivity contribution in [2.24, 2.45) is 0 Å². The average molecular weight is 268 g/mol. The fourth-order valence-electron chi connectivity index (χ4n) is 1.15. The van der Waals surface area contributed by atoms with Gasteiger partial charge in [-0.15, -0.1) is 0 Å². The summed E-state index contributed by atoms with van der Waals surface area (Å²) in [6.07, 6.45) is -18.8. The van der Waals surface area contributed by atoms with Crippen LogP contribution in [0.4, 0.5) is 26.3 Å². The van der Waals surface area contributed by atoms with Crippen LogP contribution in [0.3, 0.4) is 0 Å². The molecule has 0 fully saturated rings. The van der Waals surface area contributed by atoms with Crippen molar-refractivity contribution in [2.75, 3.05) is 6.67 Å². The van der Waals surface area contributed by atoms with E-state index in [2.05, 4.69) is 0 Å². The molecular weight excluding hydrogens is 254 g/mol. The molecule has 0 aromatic rings. The van der Waals surface area contributed by atoms with Crippen molar-refractivity contribution in [1.82, 2.24) is 0 Å². The van der Waals surface area contributed by atoms with E-state index in [1.165, 1.54) is 0 Å². The molecule has 0 aromatic carbocycles. The van der Waals surface area contributed by atoms with Crippen molar-refractivity contribution >= 4 is 0 Å². The van der Waals surface area contributed by atoms with E-state index >= 15 is 0 Å². The van der Waals surface area contributed by atoms with Gasteiger partial charge in [-0.2, -0.15) is 0 Å². The molecule has 0 rings (SSSR count). The Balaban J connectivity index is 4.32. The molecule has 2 nitrogen and oxygen atoms in total. The standard InChI is InChI=1S/C9H14F6O2/c10-3-1-2-4(11)5(12)6(13)7(14)8(15)9(16)17/h4-9,16-17H,1-3H2. The number of hydrogen-bond donors (Lipinski definition) is 2. The minimum Gasteiger partial charge on any atom is -0.366 e. The molecule has 104 valence electrons. The van der Waals surface area contributed by atoms with Crippen LogP contribution < -0.4 is 0 Å². The Labute approximate surface area is 94.2 Å². The largest absolute Gasteiger partial charge is 0.366 e. The molecule has 17 heavy (non-hydrogen) atoms. The van der Waals surface area contributed by atoms with Gasteiger partial charge in [0, 0.05) is 0 Å². The maximum absolute atomic E-state index is 12.9. The first-order chi connectivity index (χ1) is 7.82. The zero-order valence-electron chi connectivity index (χ0n) is 8.75. The molecule has 0 bridgehead atoms. The SMILES string of the molecule is OC(O)C(F)C(F)C(F)C(F)C(F)CCCF. The zero-order valence-corrected chi connectivity index (χ0v) is 8.75. The van der Waals surface area contributed by atoms with Crippen LogP contribution in [-0.4, -0.2) is 54.0 Å². The Morgan fingerprint density at radius 1 is 0.765 bits per heavy atom. The summed E-state index contributed by atoms with van der Waals surface area (Å²) in [7, 11) is 0. The molecular formula is C9H14F6O2. The highest BCUT2D eigenvalue weighted by Crippen LogP contribution is 2.24. The molecule has 0 radical (unpaired) electrons. The molecule has 0 spiro atoms. The van der Waals surface area contributed by atoms with Crippen LogP contribution in [0.1, 0.15) is 12.8 Å². The fourth-order valence-corrected chi connectivity index (χ4v) is 1.15. The van der Waals surface area contributed by atoms with Crippen molar-refractivity contribution in [3.05, 3.63) is 0 Å². The minimum atomic E-state index is -3.20. The van der Waals surface area contributed by atoms with E-state index in [4.69, 9.17) is 10.2 Å². The Kier molecular flexibility index (Phi) is 7.53. The number of halogens is 6. The number of hydrogen-bond acceptors (Lipinski definition) is 2. The molecule has 0 aliphatic heterocycles. The summed E-state index contributed by atoms with van der Waals surface area (Å²) < 4.78 is 75.8. The van der Waals surface area contributed by atoms with Crippen LogP contribution >= 0.6 is 0 Å². The van der Waals surface area contributed by atoms with E-state index in [9.17, 15) is 26.3 Å². The smallest absolute Gasteiger partial charge is 0.186 e. The lowest BCUT2D eigenvalue weighted by Gasteiger charge is -2.23. The molecule has 8 heteroatoms. The maximum Gasteiger partial charge on any atom is 0.186 e. The number of aliphatic hydroxyl groups is 2. The van der Waals surface area contributed by atoms with Gasteiger partial charge in [-0.1, -0.05) is 0 Å². The van der Waals surface area contributed by atoms with E-state index in [-0.39, 0.29) is 6.42 Å². The molecule has 5 unspecified atom stereocenters. The Morgan fingerprint density at radius 3 is 1.65 bits per heavy atom. The van der Waals surface area contributed by atoms with Gasteiger partial charge in [0.25, 0.3) is 0 Å². The lowest BCUT2D eigenvalue weighted by atomic mass is 10.0. The van der Waals surface area contributed by atoms with Gasteiger partial charge in [0.1, 0.15) is 6.17 Å². The summed E-state index contributed by atoms with van der Waals surface area (Å²) in [5, 5.41) is 16.4. The second kappa shape index (κ2) is 7.75. The molecule has 0 saturated heterocycles. The van der Waals surface area contributed by atoms with Gasteiger partial charge in [0.15, 0.2) is 31.0 Å². The Hall–Kier alpha value is -0.500.